The van der Waals surface area contributed by atoms with Gasteiger partial charge in [0.2, 0.25) is 0 Å². The Balaban J connectivity index is 2.64. The Morgan fingerprint density at radius 2 is 2.18 bits per heavy atom. The van der Waals surface area contributed by atoms with E-state index in [1.807, 2.05) is 18.4 Å². The van der Waals surface area contributed by atoms with Crippen LogP contribution in [0.2, 0.25) is 0 Å². The van der Waals surface area contributed by atoms with Gasteiger partial charge in [-0.2, -0.15) is 11.8 Å². The van der Waals surface area contributed by atoms with E-state index in [0.29, 0.717) is 18.1 Å². The minimum Gasteiger partial charge on any atom is -0.373 e. The molecule has 0 aliphatic carbocycles. The first-order valence-corrected chi connectivity index (χ1v) is 6.69. The van der Waals surface area contributed by atoms with Crippen molar-refractivity contribution in [2.45, 2.75) is 18.6 Å². The SMILES string of the molecule is CNc1cccc(C(=O)NCC(C)(C)SC)n1. The molecule has 0 bridgehead atoms. The van der Waals surface area contributed by atoms with Crippen molar-refractivity contribution < 1.29 is 4.79 Å². The van der Waals surface area contributed by atoms with Crippen LogP contribution < -0.4 is 10.6 Å². The molecule has 4 nitrogen and oxygen atoms in total. The minimum atomic E-state index is -0.135. The molecular formula is C12H19N3OS. The Labute approximate surface area is 107 Å². The van der Waals surface area contributed by atoms with Gasteiger partial charge in [-0.25, -0.2) is 4.98 Å². The van der Waals surface area contributed by atoms with Crippen LogP contribution >= 0.6 is 11.8 Å². The smallest absolute Gasteiger partial charge is 0.270 e. The second kappa shape index (κ2) is 5.91. The second-order valence-electron chi connectivity index (χ2n) is 4.30. The maximum absolute atomic E-state index is 11.9. The van der Waals surface area contributed by atoms with Crippen LogP contribution in [0.5, 0.6) is 0 Å². The van der Waals surface area contributed by atoms with Crippen LogP contribution in [0.15, 0.2) is 18.2 Å². The lowest BCUT2D eigenvalue weighted by Gasteiger charge is -2.22. The van der Waals surface area contributed by atoms with E-state index in [2.05, 4.69) is 29.5 Å². The number of anilines is 1. The van der Waals surface area contributed by atoms with Gasteiger partial charge in [0.05, 0.1) is 0 Å². The van der Waals surface area contributed by atoms with Crippen LogP contribution in [0.25, 0.3) is 0 Å². The number of pyridine rings is 1. The van der Waals surface area contributed by atoms with E-state index < -0.39 is 0 Å². The summed E-state index contributed by atoms with van der Waals surface area (Å²) in [4.78, 5) is 16.1. The van der Waals surface area contributed by atoms with E-state index in [0.717, 1.165) is 0 Å². The summed E-state index contributed by atoms with van der Waals surface area (Å²) in [6, 6.07) is 5.35. The molecule has 1 aromatic heterocycles. The van der Waals surface area contributed by atoms with Gasteiger partial charge in [-0.05, 0) is 32.2 Å². The standard InChI is InChI=1S/C12H19N3OS/c1-12(2,17-4)8-14-11(16)9-6-5-7-10(13-3)15-9/h5-7H,8H2,1-4H3,(H,13,15)(H,14,16). The number of hydrogen-bond acceptors (Lipinski definition) is 4. The third kappa shape index (κ3) is 4.26. The molecule has 1 amide bonds. The van der Waals surface area contributed by atoms with E-state index in [9.17, 15) is 4.79 Å². The molecular weight excluding hydrogens is 234 g/mol. The maximum Gasteiger partial charge on any atom is 0.270 e. The third-order valence-electron chi connectivity index (χ3n) is 2.47. The van der Waals surface area contributed by atoms with E-state index in [-0.39, 0.29) is 10.7 Å². The van der Waals surface area contributed by atoms with Gasteiger partial charge in [0.15, 0.2) is 0 Å². The number of aromatic nitrogens is 1. The third-order valence-corrected chi connectivity index (χ3v) is 3.71. The normalized spacial score (nSPS) is 11.1. The zero-order valence-electron chi connectivity index (χ0n) is 10.7. The summed E-state index contributed by atoms with van der Waals surface area (Å²) in [5, 5.41) is 5.80. The molecule has 17 heavy (non-hydrogen) atoms. The van der Waals surface area contributed by atoms with Crippen LogP contribution in [0.3, 0.4) is 0 Å². The Morgan fingerprint density at radius 3 is 2.76 bits per heavy atom. The molecule has 0 atom stereocenters. The number of amides is 1. The topological polar surface area (TPSA) is 54.0 Å². The molecule has 0 radical (unpaired) electrons. The summed E-state index contributed by atoms with van der Waals surface area (Å²) in [6.07, 6.45) is 2.03. The van der Waals surface area contributed by atoms with Crippen LogP contribution in [-0.4, -0.2) is 35.5 Å². The van der Waals surface area contributed by atoms with Gasteiger partial charge in [0.25, 0.3) is 5.91 Å². The maximum atomic E-state index is 11.9. The first-order chi connectivity index (χ1) is 7.98. The highest BCUT2D eigenvalue weighted by Crippen LogP contribution is 2.19. The van der Waals surface area contributed by atoms with Gasteiger partial charge in [-0.1, -0.05) is 6.07 Å². The highest BCUT2D eigenvalue weighted by molar-refractivity contribution is 7.99. The van der Waals surface area contributed by atoms with Crippen molar-refractivity contribution in [1.29, 1.82) is 0 Å². The molecule has 0 aromatic carbocycles. The molecule has 1 rings (SSSR count). The molecule has 2 N–H and O–H groups in total. The van der Waals surface area contributed by atoms with E-state index in [1.165, 1.54) is 0 Å². The summed E-state index contributed by atoms with van der Waals surface area (Å²) in [5.41, 5.74) is 0.439. The van der Waals surface area contributed by atoms with Crippen molar-refractivity contribution >= 4 is 23.5 Å². The number of thioether (sulfide) groups is 1. The second-order valence-corrected chi connectivity index (χ2v) is 5.82. The van der Waals surface area contributed by atoms with Gasteiger partial charge in [0, 0.05) is 18.3 Å². The minimum absolute atomic E-state index is 0.0380. The number of rotatable bonds is 5. The molecule has 0 aliphatic rings. The van der Waals surface area contributed by atoms with Crippen LogP contribution in [0.4, 0.5) is 5.82 Å². The van der Waals surface area contributed by atoms with E-state index in [1.54, 1.807) is 24.9 Å². The predicted octanol–water partition coefficient (Wildman–Crippen LogP) is 1.99. The van der Waals surface area contributed by atoms with Crippen molar-refractivity contribution in [1.82, 2.24) is 10.3 Å². The van der Waals surface area contributed by atoms with Gasteiger partial charge >= 0.3 is 0 Å². The molecule has 1 heterocycles. The average Bonchev–Trinajstić information content (AvgIpc) is 2.36. The first-order valence-electron chi connectivity index (χ1n) is 5.46. The predicted molar refractivity (Wildman–Crippen MR) is 73.7 cm³/mol. The highest BCUT2D eigenvalue weighted by Gasteiger charge is 2.17. The Kier molecular flexibility index (Phi) is 4.81. The van der Waals surface area contributed by atoms with Gasteiger partial charge < -0.3 is 10.6 Å². The van der Waals surface area contributed by atoms with Crippen LogP contribution in [0.1, 0.15) is 24.3 Å². The Bertz CT molecular complexity index is 393. The number of carbonyl (C=O) groups is 1. The van der Waals surface area contributed by atoms with E-state index >= 15 is 0 Å². The van der Waals surface area contributed by atoms with Crippen LogP contribution in [0, 0.1) is 0 Å². The number of nitrogens with zero attached hydrogens (tertiary/aromatic N) is 1. The largest absolute Gasteiger partial charge is 0.373 e. The van der Waals surface area contributed by atoms with Crippen molar-refractivity contribution in [2.24, 2.45) is 0 Å². The Morgan fingerprint density at radius 1 is 1.47 bits per heavy atom. The molecule has 0 saturated carbocycles. The van der Waals surface area contributed by atoms with Gasteiger partial charge in [-0.15, -0.1) is 0 Å². The van der Waals surface area contributed by atoms with Crippen molar-refractivity contribution in [3.63, 3.8) is 0 Å². The number of hydrogen-bond donors (Lipinski definition) is 2. The molecule has 0 fully saturated rings. The fraction of sp³-hybridized carbons (Fsp3) is 0.500. The highest BCUT2D eigenvalue weighted by atomic mass is 32.2. The fourth-order valence-corrected chi connectivity index (χ4v) is 1.37. The summed E-state index contributed by atoms with van der Waals surface area (Å²) < 4.78 is 0.0380. The lowest BCUT2D eigenvalue weighted by molar-refractivity contribution is 0.0946. The zero-order valence-corrected chi connectivity index (χ0v) is 11.5. The summed E-state index contributed by atoms with van der Waals surface area (Å²) in [6.45, 7) is 4.81. The van der Waals surface area contributed by atoms with Crippen LogP contribution in [-0.2, 0) is 0 Å². The monoisotopic (exact) mass is 253 g/mol. The number of carbonyl (C=O) groups excluding carboxylic acids is 1. The quantitative estimate of drug-likeness (QED) is 0.842. The lowest BCUT2D eigenvalue weighted by atomic mass is 10.2. The molecule has 1 aromatic rings. The van der Waals surface area contributed by atoms with Crippen molar-refractivity contribution in [3.05, 3.63) is 23.9 Å². The molecule has 5 heteroatoms. The summed E-state index contributed by atoms with van der Waals surface area (Å²) in [7, 11) is 1.78. The van der Waals surface area contributed by atoms with Gasteiger partial charge in [-0.3, -0.25) is 4.79 Å². The Hall–Kier alpha value is -1.23. The lowest BCUT2D eigenvalue weighted by Crippen LogP contribution is -2.36. The molecule has 0 aliphatic heterocycles. The van der Waals surface area contributed by atoms with E-state index in [4.69, 9.17) is 0 Å². The molecule has 0 saturated heterocycles. The zero-order chi connectivity index (χ0) is 12.9. The summed E-state index contributed by atoms with van der Waals surface area (Å²) >= 11 is 1.72. The molecule has 0 spiro atoms. The average molecular weight is 253 g/mol. The summed E-state index contributed by atoms with van der Waals surface area (Å²) in [5.74, 6) is 0.561. The molecule has 94 valence electrons. The fourth-order valence-electron chi connectivity index (χ4n) is 1.16. The van der Waals surface area contributed by atoms with Crippen molar-refractivity contribution in [2.75, 3.05) is 25.2 Å². The first kappa shape index (κ1) is 13.8. The number of nitrogens with one attached hydrogen (secondary N) is 2. The molecule has 0 unspecified atom stereocenters. The van der Waals surface area contributed by atoms with Gasteiger partial charge in [0.1, 0.15) is 11.5 Å². The van der Waals surface area contributed by atoms with Crippen molar-refractivity contribution in [3.8, 4) is 0 Å².